The summed E-state index contributed by atoms with van der Waals surface area (Å²) < 4.78 is 46.0. The van der Waals surface area contributed by atoms with Crippen LogP contribution in [0.5, 0.6) is 0 Å². The number of halogens is 2. The molecule has 4 amide bonds. The molecule has 0 spiro atoms. The topological polar surface area (TPSA) is 157 Å². The normalized spacial score (nSPS) is 29.9. The summed E-state index contributed by atoms with van der Waals surface area (Å²) in [5, 5.41) is 3.07. The van der Waals surface area contributed by atoms with Crippen LogP contribution >= 0.6 is 18.9 Å². The SMILES string of the molecule is C[C@H]1CN(C(=O)C2CN(C(=O)[C@@H]3CC[C@@H]4C[C@H]5C[C@H]5C[C@H](NC(=O)c5cc6cc(C(F)(F)P(=O)(O)O)ccc6s5)C(=O)N43)C2)CCO1. The molecule has 12 nitrogen and oxygen atoms in total. The van der Waals surface area contributed by atoms with Gasteiger partial charge in [0.2, 0.25) is 17.7 Å². The Morgan fingerprint density at radius 2 is 1.77 bits per heavy atom. The Labute approximate surface area is 273 Å². The predicted molar refractivity (Wildman–Crippen MR) is 166 cm³/mol. The van der Waals surface area contributed by atoms with Crippen molar-refractivity contribution in [2.24, 2.45) is 17.8 Å². The zero-order valence-corrected chi connectivity index (χ0v) is 27.4. The van der Waals surface area contributed by atoms with Crippen molar-refractivity contribution in [2.45, 2.75) is 68.9 Å². The van der Waals surface area contributed by atoms with Gasteiger partial charge in [0.05, 0.1) is 23.5 Å². The number of thiophene rings is 1. The van der Waals surface area contributed by atoms with Crippen molar-refractivity contribution >= 4 is 52.6 Å². The van der Waals surface area contributed by atoms with Crippen LogP contribution in [0.15, 0.2) is 24.3 Å². The highest BCUT2D eigenvalue weighted by molar-refractivity contribution is 7.52. The first-order valence-electron chi connectivity index (χ1n) is 16.0. The van der Waals surface area contributed by atoms with Crippen LogP contribution < -0.4 is 5.32 Å². The fraction of sp³-hybridized carbons (Fsp3) is 0.613. The lowest BCUT2D eigenvalue weighted by Crippen LogP contribution is -2.63. The molecule has 16 heteroatoms. The minimum Gasteiger partial charge on any atom is -0.375 e. The Bertz CT molecular complexity index is 1680. The molecule has 3 N–H and O–H groups in total. The van der Waals surface area contributed by atoms with Crippen LogP contribution in [0.2, 0.25) is 0 Å². The number of fused-ring (bicyclic) bond motifs is 3. The van der Waals surface area contributed by atoms with Crippen molar-refractivity contribution in [2.75, 3.05) is 32.8 Å². The maximum absolute atomic E-state index is 14.3. The fourth-order valence-corrected chi connectivity index (χ4v) is 9.10. The molecule has 4 saturated heterocycles. The Hall–Kier alpha value is -2.97. The molecule has 0 radical (unpaired) electrons. The summed E-state index contributed by atoms with van der Waals surface area (Å²) in [4.78, 5) is 77.8. The van der Waals surface area contributed by atoms with Gasteiger partial charge in [-0.05, 0) is 74.4 Å². The number of alkyl halides is 2. The average molecular weight is 695 g/mol. The van der Waals surface area contributed by atoms with Crippen LogP contribution in [0.3, 0.4) is 0 Å². The van der Waals surface area contributed by atoms with Crippen molar-refractivity contribution in [1.29, 1.82) is 0 Å². The summed E-state index contributed by atoms with van der Waals surface area (Å²) in [7, 11) is -5.76. The lowest BCUT2D eigenvalue weighted by molar-refractivity contribution is -0.158. The van der Waals surface area contributed by atoms with E-state index in [1.54, 1.807) is 14.7 Å². The van der Waals surface area contributed by atoms with Crippen LogP contribution in [-0.2, 0) is 29.3 Å². The number of hydrogen-bond donors (Lipinski definition) is 3. The molecule has 5 aliphatic rings. The summed E-state index contributed by atoms with van der Waals surface area (Å²) in [6.07, 6.45) is 3.36. The third-order valence-electron chi connectivity index (χ3n) is 10.4. The van der Waals surface area contributed by atoms with Gasteiger partial charge >= 0.3 is 13.3 Å². The zero-order valence-electron chi connectivity index (χ0n) is 25.7. The quantitative estimate of drug-likeness (QED) is 0.390. The third-order valence-corrected chi connectivity index (χ3v) is 12.5. The number of hydrogen-bond acceptors (Lipinski definition) is 7. The first-order valence-corrected chi connectivity index (χ1v) is 18.4. The molecule has 5 heterocycles. The van der Waals surface area contributed by atoms with Gasteiger partial charge < -0.3 is 34.5 Å². The smallest absolute Gasteiger partial charge is 0.375 e. The van der Waals surface area contributed by atoms with Gasteiger partial charge in [0, 0.05) is 42.5 Å². The van der Waals surface area contributed by atoms with Crippen LogP contribution in [-0.4, -0.2) is 105 Å². The van der Waals surface area contributed by atoms with Crippen molar-refractivity contribution < 1.29 is 47.0 Å². The number of benzene rings is 1. The molecule has 1 saturated carbocycles. The monoisotopic (exact) mass is 694 g/mol. The number of ether oxygens (including phenoxy) is 1. The molecule has 0 bridgehead atoms. The summed E-state index contributed by atoms with van der Waals surface area (Å²) in [5.41, 5.74) is -5.24. The van der Waals surface area contributed by atoms with Crippen LogP contribution in [0.25, 0.3) is 10.1 Å². The van der Waals surface area contributed by atoms with Gasteiger partial charge in [0.15, 0.2) is 0 Å². The molecule has 1 aromatic carbocycles. The summed E-state index contributed by atoms with van der Waals surface area (Å²) >= 11 is 1.02. The molecule has 2 aromatic rings. The number of carbonyl (C=O) groups is 4. The number of morpholine rings is 1. The standard InChI is InChI=1S/C31H37F2N4O8PS/c1-16-13-35(6-7-45-16)28(39)20-14-36(15-20)30(41)24-4-3-22-10-17-8-18(17)11-23(29(40)37(22)24)34-27(38)26-12-19-9-21(2-5-25(19)47-26)31(32,33)46(42,43)44/h2,5,9,12,16-18,20,22-24H,3-4,6-8,10-11,13-15H2,1H3,(H,34,38)(H2,42,43,44)/t16-,17+,18-,22+,23-,24-/m0/s1. The second kappa shape index (κ2) is 11.9. The van der Waals surface area contributed by atoms with Gasteiger partial charge in [-0.1, -0.05) is 6.07 Å². The summed E-state index contributed by atoms with van der Waals surface area (Å²) in [5.74, 6) is -0.619. The van der Waals surface area contributed by atoms with Gasteiger partial charge in [-0.25, -0.2) is 0 Å². The first kappa shape index (κ1) is 32.6. The van der Waals surface area contributed by atoms with Crippen molar-refractivity contribution in [3.8, 4) is 0 Å². The van der Waals surface area contributed by atoms with Crippen LogP contribution in [0, 0.1) is 17.8 Å². The highest BCUT2D eigenvalue weighted by Gasteiger charge is 2.53. The number of amides is 4. The Kier molecular flexibility index (Phi) is 8.22. The van der Waals surface area contributed by atoms with Crippen LogP contribution in [0.4, 0.5) is 8.78 Å². The van der Waals surface area contributed by atoms with E-state index in [-0.39, 0.29) is 52.0 Å². The van der Waals surface area contributed by atoms with E-state index in [1.165, 1.54) is 12.1 Å². The van der Waals surface area contributed by atoms with Gasteiger partial charge in [-0.2, -0.15) is 8.78 Å². The minimum atomic E-state index is -5.76. The summed E-state index contributed by atoms with van der Waals surface area (Å²) in [6.45, 7) is 4.10. The lowest BCUT2D eigenvalue weighted by atomic mass is 9.96. The highest BCUT2D eigenvalue weighted by atomic mass is 32.1. The van der Waals surface area contributed by atoms with E-state index < -0.39 is 36.8 Å². The number of nitrogens with one attached hydrogen (secondary N) is 1. The molecule has 1 aliphatic carbocycles. The first-order chi connectivity index (χ1) is 22.2. The molecule has 6 atom stereocenters. The third kappa shape index (κ3) is 5.98. The molecule has 1 aromatic heterocycles. The van der Waals surface area contributed by atoms with E-state index in [0.717, 1.165) is 36.3 Å². The van der Waals surface area contributed by atoms with Crippen molar-refractivity contribution in [3.05, 3.63) is 34.7 Å². The van der Waals surface area contributed by atoms with E-state index in [4.69, 9.17) is 14.5 Å². The molecule has 47 heavy (non-hydrogen) atoms. The largest absolute Gasteiger partial charge is 0.399 e. The van der Waals surface area contributed by atoms with E-state index in [1.807, 2.05) is 6.92 Å². The predicted octanol–water partition coefficient (Wildman–Crippen LogP) is 2.72. The molecule has 4 aliphatic heterocycles. The molecular weight excluding hydrogens is 657 g/mol. The minimum absolute atomic E-state index is 0.0198. The van der Waals surface area contributed by atoms with E-state index >= 15 is 0 Å². The number of carbonyl (C=O) groups excluding carboxylic acids is 4. The number of rotatable bonds is 6. The second-order valence-electron chi connectivity index (χ2n) is 13.6. The molecule has 0 unspecified atom stereocenters. The molecular formula is C31H37F2N4O8PS. The Morgan fingerprint density at radius 3 is 2.49 bits per heavy atom. The maximum atomic E-state index is 14.3. The molecule has 5 fully saturated rings. The van der Waals surface area contributed by atoms with Crippen molar-refractivity contribution in [1.82, 2.24) is 20.0 Å². The van der Waals surface area contributed by atoms with E-state index in [9.17, 15) is 32.5 Å². The fourth-order valence-electron chi connectivity index (χ4n) is 7.67. The summed E-state index contributed by atoms with van der Waals surface area (Å²) in [6, 6.07) is 2.88. The van der Waals surface area contributed by atoms with Gasteiger partial charge in [0.1, 0.15) is 12.1 Å². The van der Waals surface area contributed by atoms with Gasteiger partial charge in [0.25, 0.3) is 5.91 Å². The van der Waals surface area contributed by atoms with Crippen molar-refractivity contribution in [3.63, 3.8) is 0 Å². The zero-order chi connectivity index (χ0) is 33.4. The lowest BCUT2D eigenvalue weighted by Gasteiger charge is -2.44. The Morgan fingerprint density at radius 1 is 1.02 bits per heavy atom. The van der Waals surface area contributed by atoms with Crippen LogP contribution in [0.1, 0.15) is 54.3 Å². The molecule has 254 valence electrons. The number of likely N-dealkylation sites (tertiary alicyclic amines) is 1. The van der Waals surface area contributed by atoms with Gasteiger partial charge in [-0.15, -0.1) is 11.3 Å². The van der Waals surface area contributed by atoms with Gasteiger partial charge in [-0.3, -0.25) is 23.7 Å². The average Bonchev–Trinajstić information content (AvgIpc) is 3.36. The number of nitrogens with zero attached hydrogens (tertiary/aromatic N) is 3. The maximum Gasteiger partial charge on any atom is 0.399 e. The Balaban J connectivity index is 1.04. The van der Waals surface area contributed by atoms with E-state index in [2.05, 4.69) is 5.32 Å². The molecule has 7 rings (SSSR count). The second-order valence-corrected chi connectivity index (χ2v) is 16.3. The van der Waals surface area contributed by atoms with E-state index in [0.29, 0.717) is 62.7 Å². The highest BCUT2D eigenvalue weighted by Crippen LogP contribution is 2.59.